The van der Waals surface area contributed by atoms with E-state index in [0.717, 1.165) is 25.0 Å². The molecule has 0 fully saturated rings. The third-order valence-electron chi connectivity index (χ3n) is 5.56. The first-order valence-electron chi connectivity index (χ1n) is 9.34. The summed E-state index contributed by atoms with van der Waals surface area (Å²) in [5.41, 5.74) is 4.77. The number of nitrogens with one attached hydrogen (secondary N) is 1. The number of aryl methyl sites for hydroxylation is 2. The summed E-state index contributed by atoms with van der Waals surface area (Å²) >= 11 is 0. The number of fused-ring (bicyclic) bond motifs is 3. The van der Waals surface area contributed by atoms with Gasteiger partial charge in [-0.25, -0.2) is 0 Å². The zero-order chi connectivity index (χ0) is 19.2. The lowest BCUT2D eigenvalue weighted by molar-refractivity contribution is -0.0900. The van der Waals surface area contributed by atoms with E-state index < -0.39 is 11.7 Å². The molecule has 0 atom stereocenters. The molecule has 3 nitrogen and oxygen atoms in total. The van der Waals surface area contributed by atoms with Crippen molar-refractivity contribution in [1.29, 1.82) is 0 Å². The average molecular weight is 375 g/mol. The van der Waals surface area contributed by atoms with Crippen LogP contribution in [-0.2, 0) is 19.5 Å². The van der Waals surface area contributed by atoms with E-state index in [2.05, 4.69) is 47.0 Å². The summed E-state index contributed by atoms with van der Waals surface area (Å²) in [6.07, 6.45) is -0.237. The summed E-state index contributed by atoms with van der Waals surface area (Å²) in [4.78, 5) is 2.30. The highest BCUT2D eigenvalue weighted by molar-refractivity contribution is 5.86. The summed E-state index contributed by atoms with van der Waals surface area (Å²) < 4.78 is 42.2. The minimum Gasteiger partial charge on any atom is -0.387 e. The van der Waals surface area contributed by atoms with Crippen molar-refractivity contribution >= 4 is 10.9 Å². The standard InChI is InChI=1S/C21H24F3N3/c1-14-3-4-19-16(11-14)17-13-26(2)9-7-20(17)27(19)10-6-15-12-25-8-5-18(15)21(22,23)24/h3-5,11-12,25H,6-10,13H2,1-2H3. The maximum absolute atomic E-state index is 13.3. The van der Waals surface area contributed by atoms with Crippen molar-refractivity contribution in [2.45, 2.75) is 39.0 Å². The maximum Gasteiger partial charge on any atom is 0.416 e. The van der Waals surface area contributed by atoms with Gasteiger partial charge < -0.3 is 14.8 Å². The quantitative estimate of drug-likeness (QED) is 0.863. The molecular formula is C21H24F3N3. The molecule has 0 unspecified atom stereocenters. The van der Waals surface area contributed by atoms with Gasteiger partial charge in [0.25, 0.3) is 0 Å². The van der Waals surface area contributed by atoms with E-state index in [1.807, 2.05) is 0 Å². The van der Waals surface area contributed by atoms with Crippen LogP contribution in [-0.4, -0.2) is 35.8 Å². The molecule has 0 saturated heterocycles. The van der Waals surface area contributed by atoms with Crippen LogP contribution in [0.2, 0.25) is 0 Å². The summed E-state index contributed by atoms with van der Waals surface area (Å²) in [6.45, 7) is 4.72. The maximum atomic E-state index is 13.3. The Labute approximate surface area is 157 Å². The number of benzene rings is 1. The highest BCUT2D eigenvalue weighted by Crippen LogP contribution is 2.35. The van der Waals surface area contributed by atoms with Crippen LogP contribution in [0.15, 0.2) is 41.6 Å². The Morgan fingerprint density at radius 2 is 2.04 bits per heavy atom. The number of aromatic nitrogens is 1. The van der Waals surface area contributed by atoms with Crippen LogP contribution in [0.4, 0.5) is 13.2 Å². The van der Waals surface area contributed by atoms with Crippen LogP contribution in [0.1, 0.15) is 23.2 Å². The van der Waals surface area contributed by atoms with E-state index in [1.54, 1.807) is 0 Å². The van der Waals surface area contributed by atoms with E-state index >= 15 is 0 Å². The predicted octanol–water partition coefficient (Wildman–Crippen LogP) is 4.30. The van der Waals surface area contributed by atoms with Gasteiger partial charge >= 0.3 is 6.18 Å². The Morgan fingerprint density at radius 3 is 2.81 bits per heavy atom. The molecule has 144 valence electrons. The van der Waals surface area contributed by atoms with Crippen LogP contribution in [0, 0.1) is 6.92 Å². The number of dihydropyridines is 1. The third kappa shape index (κ3) is 3.38. The molecule has 2 aliphatic rings. The number of hydrogen-bond acceptors (Lipinski definition) is 2. The fourth-order valence-electron chi connectivity index (χ4n) is 4.24. The van der Waals surface area contributed by atoms with Gasteiger partial charge in [-0.3, -0.25) is 0 Å². The lowest BCUT2D eigenvalue weighted by Crippen LogP contribution is -2.27. The monoisotopic (exact) mass is 375 g/mol. The van der Waals surface area contributed by atoms with E-state index in [9.17, 15) is 13.2 Å². The van der Waals surface area contributed by atoms with Gasteiger partial charge in [-0.1, -0.05) is 17.7 Å². The van der Waals surface area contributed by atoms with E-state index in [0.29, 0.717) is 18.5 Å². The van der Waals surface area contributed by atoms with Crippen molar-refractivity contribution in [3.8, 4) is 0 Å². The van der Waals surface area contributed by atoms with Gasteiger partial charge in [-0.05, 0) is 43.7 Å². The van der Waals surface area contributed by atoms with Crippen LogP contribution in [0.5, 0.6) is 0 Å². The molecule has 6 heteroatoms. The minimum atomic E-state index is -4.30. The van der Waals surface area contributed by atoms with Crippen molar-refractivity contribution < 1.29 is 13.2 Å². The summed E-state index contributed by atoms with van der Waals surface area (Å²) in [7, 11) is 2.11. The number of likely N-dealkylation sites (N-methyl/N-ethyl adjacent to an activating group) is 1. The lowest BCUT2D eigenvalue weighted by atomic mass is 10.0. The SMILES string of the molecule is Cc1ccc2c(c1)c1c(n2CCC2=CNCC=C2C(F)(F)F)CCN(C)C1. The highest BCUT2D eigenvalue weighted by Gasteiger charge is 2.36. The van der Waals surface area contributed by atoms with Gasteiger partial charge in [-0.15, -0.1) is 0 Å². The molecule has 0 amide bonds. The Morgan fingerprint density at radius 1 is 1.22 bits per heavy atom. The Kier molecular flexibility index (Phi) is 4.54. The summed E-state index contributed by atoms with van der Waals surface area (Å²) in [5.74, 6) is 0. The van der Waals surface area contributed by atoms with Gasteiger partial charge in [0, 0.05) is 55.4 Å². The van der Waals surface area contributed by atoms with Crippen LogP contribution < -0.4 is 5.32 Å². The van der Waals surface area contributed by atoms with Gasteiger partial charge in [0.2, 0.25) is 0 Å². The predicted molar refractivity (Wildman–Crippen MR) is 102 cm³/mol. The normalized spacial score (nSPS) is 18.1. The van der Waals surface area contributed by atoms with Crippen molar-refractivity contribution in [2.75, 3.05) is 20.1 Å². The van der Waals surface area contributed by atoms with E-state index in [-0.39, 0.29) is 6.54 Å². The molecule has 1 aromatic heterocycles. The van der Waals surface area contributed by atoms with E-state index in [1.165, 1.54) is 34.5 Å². The molecule has 0 bridgehead atoms. The molecular weight excluding hydrogens is 351 g/mol. The third-order valence-corrected chi connectivity index (χ3v) is 5.56. The van der Waals surface area contributed by atoms with E-state index in [4.69, 9.17) is 0 Å². The average Bonchev–Trinajstić information content (AvgIpc) is 2.92. The highest BCUT2D eigenvalue weighted by atomic mass is 19.4. The van der Waals surface area contributed by atoms with Crippen LogP contribution in [0.25, 0.3) is 10.9 Å². The van der Waals surface area contributed by atoms with Crippen LogP contribution >= 0.6 is 0 Å². The molecule has 2 aromatic rings. The number of allylic oxidation sites excluding steroid dienone is 2. The number of nitrogens with zero attached hydrogens (tertiary/aromatic N) is 2. The summed E-state index contributed by atoms with van der Waals surface area (Å²) in [5, 5.41) is 4.16. The fourth-order valence-corrected chi connectivity index (χ4v) is 4.24. The zero-order valence-electron chi connectivity index (χ0n) is 15.7. The molecule has 0 radical (unpaired) electrons. The smallest absolute Gasteiger partial charge is 0.387 e. The van der Waals surface area contributed by atoms with Gasteiger partial charge in [0.15, 0.2) is 0 Å². The lowest BCUT2D eigenvalue weighted by Gasteiger charge is -2.25. The zero-order valence-corrected chi connectivity index (χ0v) is 15.7. The topological polar surface area (TPSA) is 20.2 Å². The molecule has 0 saturated carbocycles. The molecule has 0 spiro atoms. The largest absolute Gasteiger partial charge is 0.416 e. The van der Waals surface area contributed by atoms with Gasteiger partial charge in [-0.2, -0.15) is 13.2 Å². The first-order chi connectivity index (χ1) is 12.8. The van der Waals surface area contributed by atoms with Crippen LogP contribution in [0.3, 0.4) is 0 Å². The van der Waals surface area contributed by atoms with Crippen molar-refractivity contribution in [1.82, 2.24) is 14.8 Å². The number of hydrogen-bond donors (Lipinski definition) is 1. The molecule has 0 aliphatic carbocycles. The first-order valence-corrected chi connectivity index (χ1v) is 9.34. The minimum absolute atomic E-state index is 0.228. The van der Waals surface area contributed by atoms with Gasteiger partial charge in [0.1, 0.15) is 0 Å². The Bertz CT molecular complexity index is 934. The van der Waals surface area contributed by atoms with Crippen molar-refractivity contribution in [2.24, 2.45) is 0 Å². The Hall–Kier alpha value is -2.21. The first kappa shape index (κ1) is 18.2. The number of halogens is 3. The van der Waals surface area contributed by atoms with Crippen molar-refractivity contribution in [3.63, 3.8) is 0 Å². The number of rotatable bonds is 3. The van der Waals surface area contributed by atoms with Gasteiger partial charge in [0.05, 0.1) is 5.57 Å². The Balaban J connectivity index is 1.69. The molecule has 3 heterocycles. The second-order valence-corrected chi connectivity index (χ2v) is 7.53. The molecule has 1 N–H and O–H groups in total. The molecule has 2 aliphatic heterocycles. The molecule has 4 rings (SSSR count). The fraction of sp³-hybridized carbons (Fsp3) is 0.429. The van der Waals surface area contributed by atoms with Crippen molar-refractivity contribution in [3.05, 3.63) is 58.4 Å². The second kappa shape index (κ2) is 6.75. The number of alkyl halides is 3. The second-order valence-electron chi connectivity index (χ2n) is 7.53. The summed E-state index contributed by atoms with van der Waals surface area (Å²) in [6, 6.07) is 6.39. The molecule has 27 heavy (non-hydrogen) atoms. The molecule has 1 aromatic carbocycles.